The second-order valence-corrected chi connectivity index (χ2v) is 5.27. The summed E-state index contributed by atoms with van der Waals surface area (Å²) in [6.45, 7) is 2.59. The lowest BCUT2D eigenvalue weighted by Gasteiger charge is -2.17. The van der Waals surface area contributed by atoms with Crippen LogP contribution >= 0.6 is 0 Å². The Morgan fingerprint density at radius 3 is 2.77 bits per heavy atom. The van der Waals surface area contributed by atoms with Gasteiger partial charge in [-0.3, -0.25) is 9.59 Å². The van der Waals surface area contributed by atoms with Crippen LogP contribution in [0.2, 0.25) is 0 Å². The van der Waals surface area contributed by atoms with Gasteiger partial charge in [0.15, 0.2) is 0 Å². The lowest BCUT2D eigenvalue weighted by molar-refractivity contribution is -0.137. The third-order valence-corrected chi connectivity index (χ3v) is 3.56. The summed E-state index contributed by atoms with van der Waals surface area (Å²) < 4.78 is 38.0. The van der Waals surface area contributed by atoms with Gasteiger partial charge in [0, 0.05) is 26.1 Å². The number of nitrogens with zero attached hydrogens (tertiary/aromatic N) is 1. The molecule has 0 radical (unpaired) electrons. The van der Waals surface area contributed by atoms with Crippen LogP contribution < -0.4 is 5.32 Å². The summed E-state index contributed by atoms with van der Waals surface area (Å²) in [5.41, 5.74) is -0.336. The Kier molecular flexibility index (Phi) is 4.73. The summed E-state index contributed by atoms with van der Waals surface area (Å²) in [5.74, 6) is -0.839. The van der Waals surface area contributed by atoms with Crippen molar-refractivity contribution in [2.45, 2.75) is 26.1 Å². The van der Waals surface area contributed by atoms with Crippen molar-refractivity contribution in [1.29, 1.82) is 0 Å². The molecule has 1 saturated heterocycles. The molecule has 4 nitrogen and oxygen atoms in total. The second-order valence-electron chi connectivity index (χ2n) is 5.27. The number of hydrogen-bond donors (Lipinski definition) is 1. The first-order valence-corrected chi connectivity index (χ1v) is 7.03. The molecule has 0 spiro atoms. The Labute approximate surface area is 126 Å². The highest BCUT2D eigenvalue weighted by atomic mass is 19.4. The van der Waals surface area contributed by atoms with Gasteiger partial charge in [-0.05, 0) is 24.6 Å². The van der Waals surface area contributed by atoms with E-state index in [2.05, 4.69) is 5.32 Å². The van der Waals surface area contributed by atoms with Crippen molar-refractivity contribution < 1.29 is 22.8 Å². The highest BCUT2D eigenvalue weighted by Gasteiger charge is 2.34. The molecule has 1 N–H and O–H groups in total. The van der Waals surface area contributed by atoms with E-state index in [9.17, 15) is 22.8 Å². The van der Waals surface area contributed by atoms with E-state index in [-0.39, 0.29) is 31.3 Å². The van der Waals surface area contributed by atoms with E-state index in [1.54, 1.807) is 13.0 Å². The summed E-state index contributed by atoms with van der Waals surface area (Å²) >= 11 is 0. The molecule has 0 unspecified atom stereocenters. The smallest absolute Gasteiger partial charge is 0.356 e. The van der Waals surface area contributed by atoms with Crippen molar-refractivity contribution in [3.05, 3.63) is 35.4 Å². The first kappa shape index (κ1) is 16.3. The van der Waals surface area contributed by atoms with Crippen LogP contribution in [0.5, 0.6) is 0 Å². The molecule has 0 saturated carbocycles. The monoisotopic (exact) mass is 314 g/mol. The van der Waals surface area contributed by atoms with Crippen molar-refractivity contribution in [2.24, 2.45) is 5.92 Å². The largest absolute Gasteiger partial charge is 0.416 e. The lowest BCUT2D eigenvalue weighted by Crippen LogP contribution is -2.32. The number of benzene rings is 1. The van der Waals surface area contributed by atoms with Gasteiger partial charge in [0.25, 0.3) is 0 Å². The van der Waals surface area contributed by atoms with Gasteiger partial charge in [0.05, 0.1) is 11.5 Å². The van der Waals surface area contributed by atoms with Crippen LogP contribution in [-0.2, 0) is 22.3 Å². The quantitative estimate of drug-likeness (QED) is 0.926. The molecule has 1 aliphatic heterocycles. The molecule has 1 heterocycles. The Hall–Kier alpha value is -2.05. The van der Waals surface area contributed by atoms with Gasteiger partial charge in [0.2, 0.25) is 11.8 Å². The highest BCUT2D eigenvalue weighted by molar-refractivity contribution is 5.89. The number of carbonyl (C=O) groups excluding carboxylic acids is 2. The highest BCUT2D eigenvalue weighted by Crippen LogP contribution is 2.30. The van der Waals surface area contributed by atoms with Crippen LogP contribution in [0.1, 0.15) is 24.5 Å². The van der Waals surface area contributed by atoms with E-state index in [0.29, 0.717) is 12.1 Å². The zero-order valence-electron chi connectivity index (χ0n) is 12.1. The summed E-state index contributed by atoms with van der Waals surface area (Å²) in [4.78, 5) is 25.1. The third-order valence-electron chi connectivity index (χ3n) is 3.56. The number of alkyl halides is 3. The van der Waals surface area contributed by atoms with Gasteiger partial charge >= 0.3 is 6.18 Å². The summed E-state index contributed by atoms with van der Waals surface area (Å²) in [6, 6.07) is 4.89. The van der Waals surface area contributed by atoms with Crippen LogP contribution in [0.3, 0.4) is 0 Å². The maximum absolute atomic E-state index is 12.7. The van der Waals surface area contributed by atoms with E-state index < -0.39 is 17.7 Å². The molecule has 0 aliphatic carbocycles. The standard InChI is InChI=1S/C15H17F3N2O2/c1-2-19-14(22)11-7-13(21)20(9-11)8-10-4-3-5-12(6-10)15(16,17)18/h3-6,11H,2,7-9H2,1H3,(H,19,22)/t11-/m0/s1. The Morgan fingerprint density at radius 1 is 1.41 bits per heavy atom. The summed E-state index contributed by atoms with van der Waals surface area (Å²) in [6.07, 6.45) is -4.31. The van der Waals surface area contributed by atoms with Crippen molar-refractivity contribution >= 4 is 11.8 Å². The predicted molar refractivity (Wildman–Crippen MR) is 73.7 cm³/mol. The molecule has 7 heteroatoms. The molecule has 22 heavy (non-hydrogen) atoms. The fraction of sp³-hybridized carbons (Fsp3) is 0.467. The Bertz CT molecular complexity index is 572. The maximum atomic E-state index is 12.7. The van der Waals surface area contributed by atoms with Gasteiger partial charge in [-0.1, -0.05) is 12.1 Å². The molecule has 1 fully saturated rings. The number of halogens is 3. The molecule has 0 aromatic heterocycles. The molecule has 120 valence electrons. The predicted octanol–water partition coefficient (Wildman–Crippen LogP) is 2.19. The van der Waals surface area contributed by atoms with Crippen LogP contribution in [-0.4, -0.2) is 29.8 Å². The minimum absolute atomic E-state index is 0.0820. The summed E-state index contributed by atoms with van der Waals surface area (Å²) in [5, 5.41) is 2.65. The number of amides is 2. The second kappa shape index (κ2) is 6.37. The third kappa shape index (κ3) is 3.78. The average molecular weight is 314 g/mol. The Morgan fingerprint density at radius 2 is 2.14 bits per heavy atom. The van der Waals surface area contributed by atoms with E-state index in [1.165, 1.54) is 11.0 Å². The zero-order valence-corrected chi connectivity index (χ0v) is 12.1. The van der Waals surface area contributed by atoms with Gasteiger partial charge < -0.3 is 10.2 Å². The number of hydrogen-bond acceptors (Lipinski definition) is 2. The lowest BCUT2D eigenvalue weighted by atomic mass is 10.1. The zero-order chi connectivity index (χ0) is 16.3. The molecule has 1 aliphatic rings. The van der Waals surface area contributed by atoms with E-state index >= 15 is 0 Å². The average Bonchev–Trinajstić information content (AvgIpc) is 2.80. The first-order chi connectivity index (χ1) is 10.3. The van der Waals surface area contributed by atoms with Crippen molar-refractivity contribution in [3.8, 4) is 0 Å². The molecule has 2 rings (SSSR count). The molecular weight excluding hydrogens is 297 g/mol. The summed E-state index contributed by atoms with van der Waals surface area (Å²) in [7, 11) is 0. The molecule has 2 amide bonds. The SMILES string of the molecule is CCNC(=O)[C@H]1CC(=O)N(Cc2cccc(C(F)(F)F)c2)C1. The van der Waals surface area contributed by atoms with Crippen LogP contribution in [0.4, 0.5) is 13.2 Å². The fourth-order valence-electron chi connectivity index (χ4n) is 2.49. The molecule has 1 atom stereocenters. The van der Waals surface area contributed by atoms with Gasteiger partial charge in [-0.2, -0.15) is 13.2 Å². The van der Waals surface area contributed by atoms with Crippen molar-refractivity contribution in [3.63, 3.8) is 0 Å². The van der Waals surface area contributed by atoms with E-state index in [1.807, 2.05) is 0 Å². The number of carbonyl (C=O) groups is 2. The van der Waals surface area contributed by atoms with Crippen LogP contribution in [0.25, 0.3) is 0 Å². The molecule has 1 aromatic rings. The number of likely N-dealkylation sites (tertiary alicyclic amines) is 1. The minimum atomic E-state index is -4.41. The minimum Gasteiger partial charge on any atom is -0.356 e. The van der Waals surface area contributed by atoms with Crippen LogP contribution in [0.15, 0.2) is 24.3 Å². The van der Waals surface area contributed by atoms with Gasteiger partial charge in [0.1, 0.15) is 0 Å². The topological polar surface area (TPSA) is 49.4 Å². The van der Waals surface area contributed by atoms with E-state index in [4.69, 9.17) is 0 Å². The molecule has 1 aromatic carbocycles. The van der Waals surface area contributed by atoms with Gasteiger partial charge in [-0.15, -0.1) is 0 Å². The number of nitrogens with one attached hydrogen (secondary N) is 1. The fourth-order valence-corrected chi connectivity index (χ4v) is 2.49. The van der Waals surface area contributed by atoms with Gasteiger partial charge in [-0.25, -0.2) is 0 Å². The maximum Gasteiger partial charge on any atom is 0.416 e. The van der Waals surface area contributed by atoms with E-state index in [0.717, 1.165) is 12.1 Å². The Balaban J connectivity index is 2.05. The number of rotatable bonds is 4. The first-order valence-electron chi connectivity index (χ1n) is 7.03. The van der Waals surface area contributed by atoms with Crippen LogP contribution in [0, 0.1) is 5.92 Å². The molecule has 0 bridgehead atoms. The normalized spacial score (nSPS) is 18.6. The molecular formula is C15H17F3N2O2. The van der Waals surface area contributed by atoms with Crippen molar-refractivity contribution in [1.82, 2.24) is 10.2 Å². The van der Waals surface area contributed by atoms with Crippen molar-refractivity contribution in [2.75, 3.05) is 13.1 Å².